The Hall–Kier alpha value is -3.60. The zero-order valence-electron chi connectivity index (χ0n) is 20.7. The van der Waals surface area contributed by atoms with Gasteiger partial charge in [-0.15, -0.1) is 6.58 Å². The number of carbonyl (C=O) groups excluding carboxylic acids is 1. The monoisotopic (exact) mass is 548 g/mol. The average molecular weight is 549 g/mol. The van der Waals surface area contributed by atoms with Gasteiger partial charge in [0, 0.05) is 29.9 Å². The summed E-state index contributed by atoms with van der Waals surface area (Å²) in [4.78, 5) is 19.8. The molecule has 3 aliphatic rings. The molecule has 39 heavy (non-hydrogen) atoms. The maximum Gasteiger partial charge on any atom is 0.416 e. The van der Waals surface area contributed by atoms with Gasteiger partial charge in [-0.25, -0.2) is 4.79 Å². The topological polar surface area (TPSA) is 57.3 Å². The minimum Gasteiger partial charge on any atom is -0.329 e. The summed E-state index contributed by atoms with van der Waals surface area (Å²) in [7, 11) is 0. The highest BCUT2D eigenvalue weighted by Crippen LogP contribution is 2.42. The first-order valence-electron chi connectivity index (χ1n) is 12.5. The molecule has 4 heterocycles. The highest BCUT2D eigenvalue weighted by molar-refractivity contribution is 5.91. The van der Waals surface area contributed by atoms with Crippen molar-refractivity contribution in [1.29, 1.82) is 0 Å². The van der Waals surface area contributed by atoms with Crippen LogP contribution < -0.4 is 10.6 Å². The summed E-state index contributed by atoms with van der Waals surface area (Å²) in [5.74, 6) is 0.667. The van der Waals surface area contributed by atoms with Gasteiger partial charge in [-0.2, -0.15) is 26.3 Å². The van der Waals surface area contributed by atoms with Crippen LogP contribution in [0, 0.1) is 11.8 Å². The number of nitrogens with zero attached hydrogens (tertiary/aromatic N) is 2. The van der Waals surface area contributed by atoms with Crippen LogP contribution in [0.25, 0.3) is 10.9 Å². The fourth-order valence-electron chi connectivity index (χ4n) is 5.83. The molecule has 6 rings (SSSR count). The number of fused-ring (bicyclic) bond motifs is 4. The number of aromatic nitrogens is 1. The van der Waals surface area contributed by atoms with Gasteiger partial charge >= 0.3 is 18.4 Å². The number of halogens is 6. The van der Waals surface area contributed by atoms with Gasteiger partial charge in [-0.1, -0.05) is 24.3 Å². The Morgan fingerprint density at radius 1 is 1.05 bits per heavy atom. The van der Waals surface area contributed by atoms with Gasteiger partial charge in [-0.05, 0) is 67.1 Å². The molecule has 0 spiro atoms. The number of hydrogen-bond acceptors (Lipinski definition) is 3. The van der Waals surface area contributed by atoms with E-state index in [2.05, 4.69) is 27.1 Å². The van der Waals surface area contributed by atoms with Crippen LogP contribution in [0.5, 0.6) is 0 Å². The van der Waals surface area contributed by atoms with Crippen molar-refractivity contribution >= 4 is 22.6 Å². The fraction of sp³-hybridized carbons (Fsp3) is 0.357. The minimum atomic E-state index is -5.02. The molecular weight excluding hydrogens is 522 g/mol. The Morgan fingerprint density at radius 3 is 2.36 bits per heavy atom. The van der Waals surface area contributed by atoms with E-state index in [1.807, 2.05) is 30.3 Å². The minimum absolute atomic E-state index is 0.0249. The molecular formula is C28H26F6N4O. The number of benzene rings is 2. The first-order valence-corrected chi connectivity index (χ1v) is 12.5. The van der Waals surface area contributed by atoms with Crippen molar-refractivity contribution in [2.24, 2.45) is 11.8 Å². The summed E-state index contributed by atoms with van der Waals surface area (Å²) in [5.41, 5.74) is -2.14. The number of hydrogen-bond donors (Lipinski definition) is 2. The van der Waals surface area contributed by atoms with Crippen LogP contribution >= 0.6 is 0 Å². The van der Waals surface area contributed by atoms with E-state index < -0.39 is 41.2 Å². The van der Waals surface area contributed by atoms with E-state index in [0.29, 0.717) is 29.5 Å². The predicted molar refractivity (Wildman–Crippen MR) is 135 cm³/mol. The number of anilines is 1. The largest absolute Gasteiger partial charge is 0.416 e. The summed E-state index contributed by atoms with van der Waals surface area (Å²) in [6, 6.07) is 8.53. The quantitative estimate of drug-likeness (QED) is 0.266. The predicted octanol–water partition coefficient (Wildman–Crippen LogP) is 7.03. The van der Waals surface area contributed by atoms with E-state index >= 15 is 0 Å². The van der Waals surface area contributed by atoms with Crippen LogP contribution in [0.4, 0.5) is 36.8 Å². The van der Waals surface area contributed by atoms with Crippen molar-refractivity contribution in [2.45, 2.75) is 37.3 Å². The second-order valence-corrected chi connectivity index (χ2v) is 10.0. The molecule has 2 amide bonds. The molecule has 5 nitrogen and oxygen atoms in total. The third-order valence-corrected chi connectivity index (χ3v) is 7.69. The molecule has 2 bridgehead atoms. The van der Waals surface area contributed by atoms with Crippen LogP contribution in [0.3, 0.4) is 0 Å². The van der Waals surface area contributed by atoms with E-state index in [1.165, 1.54) is 0 Å². The molecule has 11 heteroatoms. The molecule has 0 aliphatic carbocycles. The van der Waals surface area contributed by atoms with Crippen LogP contribution in [0.1, 0.15) is 35.6 Å². The molecule has 3 fully saturated rings. The van der Waals surface area contributed by atoms with Gasteiger partial charge in [0.1, 0.15) is 0 Å². The summed E-state index contributed by atoms with van der Waals surface area (Å²) in [6.45, 7) is 5.51. The number of pyridine rings is 1. The Bertz CT molecular complexity index is 1350. The Morgan fingerprint density at radius 2 is 1.74 bits per heavy atom. The Labute approximate surface area is 220 Å². The zero-order chi connectivity index (χ0) is 27.9. The van der Waals surface area contributed by atoms with Gasteiger partial charge < -0.3 is 10.6 Å². The lowest BCUT2D eigenvalue weighted by Gasteiger charge is -2.51. The fourth-order valence-corrected chi connectivity index (χ4v) is 5.83. The smallest absolute Gasteiger partial charge is 0.329 e. The number of urea groups is 1. The van der Waals surface area contributed by atoms with E-state index in [4.69, 9.17) is 0 Å². The molecule has 3 saturated heterocycles. The molecule has 3 aromatic rings. The van der Waals surface area contributed by atoms with Gasteiger partial charge in [-0.3, -0.25) is 9.88 Å². The number of alkyl halides is 6. The molecule has 4 unspecified atom stereocenters. The van der Waals surface area contributed by atoms with E-state index in [-0.39, 0.29) is 12.1 Å². The molecule has 1 aromatic heterocycles. The van der Waals surface area contributed by atoms with Crippen molar-refractivity contribution in [1.82, 2.24) is 15.2 Å². The average Bonchev–Trinajstić information content (AvgIpc) is 2.90. The highest BCUT2D eigenvalue weighted by Gasteiger charge is 2.43. The SMILES string of the molecule is C=CC1CN2CCC1CC2[C@@H](NC(=O)Nc1cc(C(F)(F)F)cc(C(F)(F)F)c1)c1ccnc2ccccc12. The third kappa shape index (κ3) is 5.59. The maximum atomic E-state index is 13.3. The molecule has 5 atom stereocenters. The van der Waals surface area contributed by atoms with Crippen molar-refractivity contribution in [3.63, 3.8) is 0 Å². The number of piperidine rings is 3. The molecule has 2 N–H and O–H groups in total. The molecule has 206 valence electrons. The first-order chi connectivity index (χ1) is 18.4. The number of amides is 2. The Balaban J connectivity index is 1.48. The van der Waals surface area contributed by atoms with Gasteiger partial charge in [0.25, 0.3) is 0 Å². The maximum absolute atomic E-state index is 13.3. The summed E-state index contributed by atoms with van der Waals surface area (Å²) < 4.78 is 80.0. The lowest BCUT2D eigenvalue weighted by atomic mass is 9.73. The number of rotatable bonds is 5. The third-order valence-electron chi connectivity index (χ3n) is 7.69. The van der Waals surface area contributed by atoms with Gasteiger partial charge in [0.2, 0.25) is 0 Å². The normalized spacial score (nSPS) is 23.8. The molecule has 0 radical (unpaired) electrons. The first kappa shape index (κ1) is 27.0. The Kier molecular flexibility index (Phi) is 7.04. The molecule has 3 aliphatic heterocycles. The van der Waals surface area contributed by atoms with E-state index in [0.717, 1.165) is 36.9 Å². The van der Waals surface area contributed by atoms with Crippen molar-refractivity contribution < 1.29 is 31.1 Å². The van der Waals surface area contributed by atoms with Crippen LogP contribution in [0.15, 0.2) is 67.4 Å². The zero-order valence-corrected chi connectivity index (χ0v) is 20.7. The number of para-hydroxylation sites is 1. The van der Waals surface area contributed by atoms with Crippen molar-refractivity contribution in [2.75, 3.05) is 18.4 Å². The lowest BCUT2D eigenvalue weighted by molar-refractivity contribution is -0.143. The van der Waals surface area contributed by atoms with Crippen molar-refractivity contribution in [3.8, 4) is 0 Å². The van der Waals surface area contributed by atoms with Gasteiger partial charge in [0.15, 0.2) is 0 Å². The number of nitrogens with one attached hydrogen (secondary N) is 2. The van der Waals surface area contributed by atoms with Gasteiger partial charge in [0.05, 0.1) is 22.7 Å². The summed E-state index contributed by atoms with van der Waals surface area (Å²) >= 11 is 0. The number of carbonyl (C=O) groups is 1. The second kappa shape index (κ2) is 10.2. The van der Waals surface area contributed by atoms with Crippen LogP contribution in [-0.2, 0) is 12.4 Å². The van der Waals surface area contributed by atoms with Crippen LogP contribution in [-0.4, -0.2) is 35.0 Å². The van der Waals surface area contributed by atoms with Crippen molar-refractivity contribution in [3.05, 3.63) is 84.1 Å². The molecule has 0 saturated carbocycles. The molecule has 2 aromatic carbocycles. The van der Waals surface area contributed by atoms with E-state index in [9.17, 15) is 31.1 Å². The lowest BCUT2D eigenvalue weighted by Crippen LogP contribution is -2.57. The summed E-state index contributed by atoms with van der Waals surface area (Å²) in [5, 5.41) is 5.89. The highest BCUT2D eigenvalue weighted by atomic mass is 19.4. The second-order valence-electron chi connectivity index (χ2n) is 10.0. The van der Waals surface area contributed by atoms with Crippen LogP contribution in [0.2, 0.25) is 0 Å². The van der Waals surface area contributed by atoms with E-state index in [1.54, 1.807) is 12.3 Å². The standard InChI is InChI=1S/C28H26F6N4O/c1-2-16-15-38-10-8-17(16)11-24(38)25(22-7-9-35-23-6-4-3-5-21(22)23)37-26(39)36-20-13-18(27(29,30)31)12-19(14-20)28(32,33)34/h2-7,9,12-14,16-17,24-25H,1,8,10-11,15H2,(H2,36,37,39)/t16?,17?,24?,25-/m0/s1. The summed E-state index contributed by atoms with van der Waals surface area (Å²) in [6.07, 6.45) is -4.76.